The summed E-state index contributed by atoms with van der Waals surface area (Å²) in [7, 11) is 0. The van der Waals surface area contributed by atoms with Gasteiger partial charge >= 0.3 is 0 Å². The van der Waals surface area contributed by atoms with Crippen molar-refractivity contribution in [3.8, 4) is 0 Å². The SMILES string of the molecule is CCNC(=NCCNC(=O)C(C)(C)C)NC1CCCC(SC)C1. The molecule has 23 heavy (non-hydrogen) atoms. The summed E-state index contributed by atoms with van der Waals surface area (Å²) < 4.78 is 0. The van der Waals surface area contributed by atoms with Crippen LogP contribution >= 0.6 is 11.8 Å². The average Bonchev–Trinajstić information content (AvgIpc) is 2.50. The predicted octanol–water partition coefficient (Wildman–Crippen LogP) is 2.38. The number of carbonyl (C=O) groups is 1. The van der Waals surface area contributed by atoms with Crippen LogP contribution in [0.3, 0.4) is 0 Å². The van der Waals surface area contributed by atoms with E-state index in [9.17, 15) is 4.79 Å². The van der Waals surface area contributed by atoms with Crippen molar-refractivity contribution in [3.63, 3.8) is 0 Å². The second kappa shape index (κ2) is 10.1. The monoisotopic (exact) mass is 342 g/mol. The number of hydrogen-bond donors (Lipinski definition) is 3. The van der Waals surface area contributed by atoms with Gasteiger partial charge in [-0.1, -0.05) is 27.2 Å². The van der Waals surface area contributed by atoms with Gasteiger partial charge in [-0.05, 0) is 32.4 Å². The Morgan fingerprint density at radius 1 is 1.26 bits per heavy atom. The molecule has 1 rings (SSSR count). The van der Waals surface area contributed by atoms with Crippen molar-refractivity contribution in [2.45, 2.75) is 64.7 Å². The van der Waals surface area contributed by atoms with Crippen molar-refractivity contribution in [2.75, 3.05) is 25.9 Å². The highest BCUT2D eigenvalue weighted by Gasteiger charge is 2.22. The van der Waals surface area contributed by atoms with Gasteiger partial charge in [-0.3, -0.25) is 9.79 Å². The molecule has 0 heterocycles. The van der Waals surface area contributed by atoms with Crippen molar-refractivity contribution in [1.82, 2.24) is 16.0 Å². The number of guanidine groups is 1. The maximum atomic E-state index is 11.8. The van der Waals surface area contributed by atoms with Crippen LogP contribution < -0.4 is 16.0 Å². The molecule has 0 aromatic carbocycles. The summed E-state index contributed by atoms with van der Waals surface area (Å²) in [6.07, 6.45) is 7.22. The lowest BCUT2D eigenvalue weighted by atomic mass is 9.95. The normalized spacial score (nSPS) is 22.6. The van der Waals surface area contributed by atoms with E-state index in [-0.39, 0.29) is 11.3 Å². The molecule has 0 saturated heterocycles. The molecule has 0 spiro atoms. The molecule has 5 nitrogen and oxygen atoms in total. The average molecular weight is 343 g/mol. The molecule has 0 aliphatic heterocycles. The summed E-state index contributed by atoms with van der Waals surface area (Å²) in [4.78, 5) is 16.4. The van der Waals surface area contributed by atoms with Crippen molar-refractivity contribution in [3.05, 3.63) is 0 Å². The summed E-state index contributed by atoms with van der Waals surface area (Å²) in [5, 5.41) is 10.5. The molecule has 1 aliphatic carbocycles. The Labute approximate surface area is 145 Å². The third kappa shape index (κ3) is 7.95. The number of rotatable bonds is 6. The number of thioether (sulfide) groups is 1. The van der Waals surface area contributed by atoms with E-state index in [0.29, 0.717) is 19.1 Å². The van der Waals surface area contributed by atoms with Crippen molar-refractivity contribution < 1.29 is 4.79 Å². The molecule has 1 fully saturated rings. The number of amides is 1. The molecule has 0 aromatic rings. The smallest absolute Gasteiger partial charge is 0.225 e. The van der Waals surface area contributed by atoms with E-state index >= 15 is 0 Å². The number of nitrogens with one attached hydrogen (secondary N) is 3. The lowest BCUT2D eigenvalue weighted by Gasteiger charge is -2.29. The Balaban J connectivity index is 2.42. The molecule has 1 saturated carbocycles. The highest BCUT2D eigenvalue weighted by Crippen LogP contribution is 2.26. The van der Waals surface area contributed by atoms with E-state index in [1.165, 1.54) is 25.7 Å². The zero-order valence-electron chi connectivity index (χ0n) is 15.4. The van der Waals surface area contributed by atoms with E-state index in [1.807, 2.05) is 32.5 Å². The van der Waals surface area contributed by atoms with Gasteiger partial charge in [0.25, 0.3) is 0 Å². The fourth-order valence-corrected chi connectivity index (χ4v) is 3.43. The van der Waals surface area contributed by atoms with Crippen LogP contribution in [0.1, 0.15) is 53.4 Å². The highest BCUT2D eigenvalue weighted by molar-refractivity contribution is 7.99. The van der Waals surface area contributed by atoms with Crippen molar-refractivity contribution >= 4 is 23.6 Å². The third-order valence-electron chi connectivity index (χ3n) is 3.99. The largest absolute Gasteiger partial charge is 0.357 e. The maximum Gasteiger partial charge on any atom is 0.225 e. The summed E-state index contributed by atoms with van der Waals surface area (Å²) in [6.45, 7) is 9.84. The topological polar surface area (TPSA) is 65.5 Å². The zero-order valence-corrected chi connectivity index (χ0v) is 16.2. The van der Waals surface area contributed by atoms with Gasteiger partial charge < -0.3 is 16.0 Å². The van der Waals surface area contributed by atoms with Crippen LogP contribution in [0.25, 0.3) is 0 Å². The summed E-state index contributed by atoms with van der Waals surface area (Å²) in [5.41, 5.74) is -0.346. The van der Waals surface area contributed by atoms with E-state index in [0.717, 1.165) is 17.8 Å². The minimum absolute atomic E-state index is 0.0701. The minimum Gasteiger partial charge on any atom is -0.357 e. The molecule has 134 valence electrons. The van der Waals surface area contributed by atoms with Gasteiger partial charge in [0.2, 0.25) is 5.91 Å². The third-order valence-corrected chi connectivity index (χ3v) is 5.09. The summed E-state index contributed by atoms with van der Waals surface area (Å²) in [5.74, 6) is 0.935. The molecule has 0 aromatic heterocycles. The van der Waals surface area contributed by atoms with Gasteiger partial charge in [0.15, 0.2) is 5.96 Å². The standard InChI is InChI=1S/C17H34N4OS/c1-6-18-16(20-11-10-19-15(22)17(2,3)4)21-13-8-7-9-14(12-13)23-5/h13-14H,6-12H2,1-5H3,(H,19,22)(H2,18,20,21). The van der Waals surface area contributed by atoms with Crippen LogP contribution in [0.2, 0.25) is 0 Å². The summed E-state index contributed by atoms with van der Waals surface area (Å²) in [6, 6.07) is 0.503. The van der Waals surface area contributed by atoms with Gasteiger partial charge in [0.1, 0.15) is 0 Å². The number of nitrogens with zero attached hydrogens (tertiary/aromatic N) is 1. The van der Waals surface area contributed by atoms with E-state index in [2.05, 4.69) is 34.1 Å². The zero-order chi connectivity index (χ0) is 17.3. The molecule has 3 N–H and O–H groups in total. The second-order valence-electron chi connectivity index (χ2n) is 7.13. The molecule has 2 unspecified atom stereocenters. The minimum atomic E-state index is -0.346. The van der Waals surface area contributed by atoms with Gasteiger partial charge in [-0.2, -0.15) is 11.8 Å². The number of carbonyl (C=O) groups excluding carboxylic acids is 1. The van der Waals surface area contributed by atoms with Crippen molar-refractivity contribution in [2.24, 2.45) is 10.4 Å². The first kappa shape index (κ1) is 20.1. The van der Waals surface area contributed by atoms with Crippen LogP contribution in [-0.4, -0.2) is 49.0 Å². The fourth-order valence-electron chi connectivity index (χ4n) is 2.61. The first-order valence-corrected chi connectivity index (χ1v) is 10.0. The number of hydrogen-bond acceptors (Lipinski definition) is 3. The van der Waals surface area contributed by atoms with Crippen LogP contribution in [0.5, 0.6) is 0 Å². The quantitative estimate of drug-likeness (QED) is 0.394. The Morgan fingerprint density at radius 3 is 2.61 bits per heavy atom. The first-order valence-electron chi connectivity index (χ1n) is 8.72. The van der Waals surface area contributed by atoms with Crippen LogP contribution in [0.15, 0.2) is 4.99 Å². The molecule has 2 atom stereocenters. The van der Waals surface area contributed by atoms with Gasteiger partial charge in [-0.15, -0.1) is 0 Å². The predicted molar refractivity (Wildman–Crippen MR) is 101 cm³/mol. The molecule has 1 amide bonds. The number of aliphatic imine (C=N–C) groups is 1. The fraction of sp³-hybridized carbons (Fsp3) is 0.882. The van der Waals surface area contributed by atoms with Crippen LogP contribution in [0.4, 0.5) is 0 Å². The molecule has 6 heteroatoms. The Hall–Kier alpha value is -0.910. The highest BCUT2D eigenvalue weighted by atomic mass is 32.2. The molecular weight excluding hydrogens is 308 g/mol. The molecule has 1 aliphatic rings. The van der Waals surface area contributed by atoms with E-state index in [4.69, 9.17) is 0 Å². The lowest BCUT2D eigenvalue weighted by Crippen LogP contribution is -2.46. The summed E-state index contributed by atoms with van der Waals surface area (Å²) >= 11 is 1.97. The first-order chi connectivity index (χ1) is 10.9. The molecule has 0 radical (unpaired) electrons. The van der Waals surface area contributed by atoms with Crippen LogP contribution in [-0.2, 0) is 4.79 Å². The van der Waals surface area contributed by atoms with Crippen LogP contribution in [0, 0.1) is 5.41 Å². The van der Waals surface area contributed by atoms with E-state index in [1.54, 1.807) is 0 Å². The van der Waals surface area contributed by atoms with Gasteiger partial charge in [0, 0.05) is 29.8 Å². The van der Waals surface area contributed by atoms with E-state index < -0.39 is 0 Å². The molecule has 0 bridgehead atoms. The Bertz CT molecular complexity index is 393. The lowest BCUT2D eigenvalue weighted by molar-refractivity contribution is -0.128. The maximum absolute atomic E-state index is 11.8. The van der Waals surface area contributed by atoms with Gasteiger partial charge in [-0.25, -0.2) is 0 Å². The van der Waals surface area contributed by atoms with Crippen molar-refractivity contribution in [1.29, 1.82) is 0 Å². The molecular formula is C17H34N4OS. The second-order valence-corrected chi connectivity index (χ2v) is 8.27. The van der Waals surface area contributed by atoms with Gasteiger partial charge in [0.05, 0.1) is 6.54 Å². The Kier molecular flexibility index (Phi) is 8.81. The Morgan fingerprint density at radius 2 is 2.00 bits per heavy atom.